The van der Waals surface area contributed by atoms with Crippen molar-refractivity contribution in [3.63, 3.8) is 0 Å². The standard InChI is InChI=1S/C13H16N6O/c1-7(13-15-6-16-19-13)17-11-5-10-8(4-9(11)14)2-3-12(20)18-10/h4-7,17H,2-3,14H2,1H3,(H,18,20)(H,15,16,19). The molecular formula is C13H16N6O. The number of carbonyl (C=O) groups is 1. The van der Waals surface area contributed by atoms with Crippen LogP contribution in [0.3, 0.4) is 0 Å². The van der Waals surface area contributed by atoms with Crippen LogP contribution in [0.25, 0.3) is 0 Å². The number of carbonyl (C=O) groups excluding carboxylic acids is 1. The third-order valence-corrected chi connectivity index (χ3v) is 3.39. The molecule has 1 aromatic heterocycles. The number of hydrogen-bond acceptors (Lipinski definition) is 5. The fourth-order valence-electron chi connectivity index (χ4n) is 2.30. The zero-order valence-corrected chi connectivity index (χ0v) is 11.1. The van der Waals surface area contributed by atoms with E-state index in [2.05, 4.69) is 25.8 Å². The highest BCUT2D eigenvalue weighted by molar-refractivity contribution is 5.95. The van der Waals surface area contributed by atoms with E-state index in [9.17, 15) is 4.79 Å². The maximum absolute atomic E-state index is 11.4. The molecule has 20 heavy (non-hydrogen) atoms. The summed E-state index contributed by atoms with van der Waals surface area (Å²) in [6.07, 6.45) is 2.70. The van der Waals surface area contributed by atoms with E-state index in [-0.39, 0.29) is 11.9 Å². The van der Waals surface area contributed by atoms with Gasteiger partial charge in [0.05, 0.1) is 17.4 Å². The highest BCUT2D eigenvalue weighted by Gasteiger charge is 2.18. The first-order valence-corrected chi connectivity index (χ1v) is 6.47. The zero-order chi connectivity index (χ0) is 14.1. The smallest absolute Gasteiger partial charge is 0.224 e. The van der Waals surface area contributed by atoms with Gasteiger partial charge in [-0.3, -0.25) is 9.89 Å². The van der Waals surface area contributed by atoms with Crippen LogP contribution in [0.2, 0.25) is 0 Å². The summed E-state index contributed by atoms with van der Waals surface area (Å²) in [5.74, 6) is 0.766. The van der Waals surface area contributed by atoms with Crippen molar-refractivity contribution in [2.75, 3.05) is 16.4 Å². The Labute approximate surface area is 116 Å². The third-order valence-electron chi connectivity index (χ3n) is 3.39. The summed E-state index contributed by atoms with van der Waals surface area (Å²) in [4.78, 5) is 15.5. The van der Waals surface area contributed by atoms with Gasteiger partial charge in [0.2, 0.25) is 5.91 Å². The van der Waals surface area contributed by atoms with E-state index in [1.165, 1.54) is 6.33 Å². The van der Waals surface area contributed by atoms with Gasteiger partial charge in [0.15, 0.2) is 0 Å². The van der Waals surface area contributed by atoms with E-state index in [1.54, 1.807) is 0 Å². The van der Waals surface area contributed by atoms with E-state index >= 15 is 0 Å². The average Bonchev–Trinajstić information content (AvgIpc) is 2.94. The van der Waals surface area contributed by atoms with Gasteiger partial charge in [0.1, 0.15) is 12.2 Å². The predicted octanol–water partition coefficient (Wildman–Crippen LogP) is 1.44. The Hall–Kier alpha value is -2.57. The molecule has 1 amide bonds. The minimum atomic E-state index is -0.0582. The van der Waals surface area contributed by atoms with Gasteiger partial charge in [-0.2, -0.15) is 5.10 Å². The lowest BCUT2D eigenvalue weighted by Gasteiger charge is -2.21. The molecule has 0 spiro atoms. The van der Waals surface area contributed by atoms with E-state index in [0.29, 0.717) is 12.1 Å². The van der Waals surface area contributed by atoms with Crippen LogP contribution in [0.15, 0.2) is 18.5 Å². The topological polar surface area (TPSA) is 109 Å². The van der Waals surface area contributed by atoms with Crippen molar-refractivity contribution in [2.24, 2.45) is 0 Å². The van der Waals surface area contributed by atoms with Crippen molar-refractivity contribution >= 4 is 23.0 Å². The number of rotatable bonds is 3. The molecule has 1 atom stereocenters. The van der Waals surface area contributed by atoms with Crippen LogP contribution in [-0.4, -0.2) is 21.1 Å². The molecule has 2 aromatic rings. The molecule has 5 N–H and O–H groups in total. The molecule has 1 aliphatic rings. The lowest BCUT2D eigenvalue weighted by molar-refractivity contribution is -0.116. The summed E-state index contributed by atoms with van der Waals surface area (Å²) in [7, 11) is 0. The van der Waals surface area contributed by atoms with Gasteiger partial charge in [-0.25, -0.2) is 4.98 Å². The summed E-state index contributed by atoms with van der Waals surface area (Å²) in [5, 5.41) is 12.8. The molecule has 2 heterocycles. The lowest BCUT2D eigenvalue weighted by Crippen LogP contribution is -2.20. The molecule has 7 heteroatoms. The first-order chi connectivity index (χ1) is 9.63. The van der Waals surface area contributed by atoms with Gasteiger partial charge < -0.3 is 16.4 Å². The SMILES string of the molecule is CC(Nc1cc2c(cc1N)CCC(=O)N2)c1ncn[nH]1. The molecule has 0 aliphatic carbocycles. The Kier molecular flexibility index (Phi) is 3.02. The fraction of sp³-hybridized carbons (Fsp3) is 0.308. The Balaban J connectivity index is 1.86. The number of nitrogens with two attached hydrogens (primary N) is 1. The van der Waals surface area contributed by atoms with E-state index in [1.807, 2.05) is 19.1 Å². The van der Waals surface area contributed by atoms with Crippen molar-refractivity contribution in [3.8, 4) is 0 Å². The molecule has 1 aromatic carbocycles. The Bertz CT molecular complexity index is 637. The maximum Gasteiger partial charge on any atom is 0.224 e. The largest absolute Gasteiger partial charge is 0.397 e. The molecule has 1 unspecified atom stereocenters. The highest BCUT2D eigenvalue weighted by Crippen LogP contribution is 2.32. The van der Waals surface area contributed by atoms with Crippen molar-refractivity contribution in [3.05, 3.63) is 29.8 Å². The van der Waals surface area contributed by atoms with E-state index in [0.717, 1.165) is 29.2 Å². The van der Waals surface area contributed by atoms with Gasteiger partial charge in [-0.1, -0.05) is 0 Å². The Morgan fingerprint density at radius 2 is 2.25 bits per heavy atom. The number of H-pyrrole nitrogens is 1. The molecule has 1 aliphatic heterocycles. The quantitative estimate of drug-likeness (QED) is 0.632. The zero-order valence-electron chi connectivity index (χ0n) is 11.1. The number of nitrogens with one attached hydrogen (secondary N) is 3. The summed E-state index contributed by atoms with van der Waals surface area (Å²) in [6.45, 7) is 1.96. The fourth-order valence-corrected chi connectivity index (χ4v) is 2.30. The Morgan fingerprint density at radius 3 is 3.00 bits per heavy atom. The lowest BCUT2D eigenvalue weighted by atomic mass is 10.0. The number of hydrogen-bond donors (Lipinski definition) is 4. The second-order valence-electron chi connectivity index (χ2n) is 4.88. The van der Waals surface area contributed by atoms with Crippen LogP contribution in [0.1, 0.15) is 30.8 Å². The number of nitrogens with zero attached hydrogens (tertiary/aromatic N) is 2. The molecule has 0 bridgehead atoms. The van der Waals surface area contributed by atoms with Crippen LogP contribution < -0.4 is 16.4 Å². The van der Waals surface area contributed by atoms with Crippen molar-refractivity contribution in [1.29, 1.82) is 0 Å². The van der Waals surface area contributed by atoms with Crippen molar-refractivity contribution in [1.82, 2.24) is 15.2 Å². The van der Waals surface area contributed by atoms with Crippen LogP contribution in [-0.2, 0) is 11.2 Å². The monoisotopic (exact) mass is 272 g/mol. The molecular weight excluding hydrogens is 256 g/mol. The molecule has 104 valence electrons. The highest BCUT2D eigenvalue weighted by atomic mass is 16.1. The van der Waals surface area contributed by atoms with Gasteiger partial charge in [-0.05, 0) is 31.0 Å². The van der Waals surface area contributed by atoms with Crippen LogP contribution in [0.4, 0.5) is 17.1 Å². The van der Waals surface area contributed by atoms with E-state index in [4.69, 9.17) is 5.73 Å². The van der Waals surface area contributed by atoms with Gasteiger partial charge >= 0.3 is 0 Å². The van der Waals surface area contributed by atoms with Crippen LogP contribution in [0, 0.1) is 0 Å². The van der Waals surface area contributed by atoms with Crippen molar-refractivity contribution < 1.29 is 4.79 Å². The number of aromatic nitrogens is 3. The van der Waals surface area contributed by atoms with Gasteiger partial charge in [0.25, 0.3) is 0 Å². The number of benzene rings is 1. The molecule has 0 saturated heterocycles. The predicted molar refractivity (Wildman–Crippen MR) is 76.2 cm³/mol. The van der Waals surface area contributed by atoms with Gasteiger partial charge in [0, 0.05) is 12.1 Å². The molecule has 0 saturated carbocycles. The number of aryl methyl sites for hydroxylation is 1. The molecule has 7 nitrogen and oxygen atoms in total. The first-order valence-electron chi connectivity index (χ1n) is 6.47. The number of fused-ring (bicyclic) bond motifs is 1. The molecule has 3 rings (SSSR count). The maximum atomic E-state index is 11.4. The minimum absolute atomic E-state index is 0.0384. The number of amides is 1. The normalized spacial score (nSPS) is 15.3. The minimum Gasteiger partial charge on any atom is -0.397 e. The second kappa shape index (κ2) is 4.84. The number of aromatic amines is 1. The molecule has 0 radical (unpaired) electrons. The van der Waals surface area contributed by atoms with Crippen molar-refractivity contribution in [2.45, 2.75) is 25.8 Å². The molecule has 0 fully saturated rings. The summed E-state index contributed by atoms with van der Waals surface area (Å²) >= 11 is 0. The van der Waals surface area contributed by atoms with Crippen LogP contribution >= 0.6 is 0 Å². The summed E-state index contributed by atoms with van der Waals surface area (Å²) < 4.78 is 0. The average molecular weight is 272 g/mol. The first kappa shape index (κ1) is 12.5. The van der Waals surface area contributed by atoms with E-state index < -0.39 is 0 Å². The Morgan fingerprint density at radius 1 is 1.40 bits per heavy atom. The summed E-state index contributed by atoms with van der Waals surface area (Å²) in [5.41, 5.74) is 9.38. The van der Waals surface area contributed by atoms with Gasteiger partial charge in [-0.15, -0.1) is 0 Å². The number of anilines is 3. The second-order valence-corrected chi connectivity index (χ2v) is 4.88. The summed E-state index contributed by atoms with van der Waals surface area (Å²) in [6, 6.07) is 3.72. The number of nitrogen functional groups attached to an aromatic ring is 1. The third kappa shape index (κ3) is 2.29. The van der Waals surface area contributed by atoms with Crippen LogP contribution in [0.5, 0.6) is 0 Å².